The van der Waals surface area contributed by atoms with Gasteiger partial charge in [0.15, 0.2) is 0 Å². The average molecular weight is 185 g/mol. The van der Waals surface area contributed by atoms with Crippen LogP contribution in [0.3, 0.4) is 0 Å². The lowest BCUT2D eigenvalue weighted by Gasteiger charge is -2.16. The van der Waals surface area contributed by atoms with Crippen molar-refractivity contribution in [3.8, 4) is 0 Å². The standard InChI is InChI=1S/C5H10Cl2N2O/c6-1-3-9(4-2-7)5(8)10/h1-4H2,(H2,8,10). The molecule has 0 aromatic rings. The van der Waals surface area contributed by atoms with Gasteiger partial charge in [-0.2, -0.15) is 0 Å². The van der Waals surface area contributed by atoms with E-state index in [2.05, 4.69) is 0 Å². The Bertz CT molecular complexity index is 104. The van der Waals surface area contributed by atoms with Crippen LogP contribution in [0.1, 0.15) is 0 Å². The maximum Gasteiger partial charge on any atom is 0.314 e. The van der Waals surface area contributed by atoms with Crippen molar-refractivity contribution in [3.63, 3.8) is 0 Å². The van der Waals surface area contributed by atoms with Crippen molar-refractivity contribution in [1.29, 1.82) is 0 Å². The van der Waals surface area contributed by atoms with Gasteiger partial charge in [-0.3, -0.25) is 0 Å². The van der Waals surface area contributed by atoms with Gasteiger partial charge < -0.3 is 10.6 Å². The second-order valence-electron chi connectivity index (χ2n) is 1.70. The zero-order chi connectivity index (χ0) is 7.98. The minimum atomic E-state index is -0.471. The third-order valence-corrected chi connectivity index (χ3v) is 1.36. The minimum Gasteiger partial charge on any atom is -0.351 e. The SMILES string of the molecule is NC(=O)N(CCCl)CCCl. The summed E-state index contributed by atoms with van der Waals surface area (Å²) in [6.45, 7) is 0.924. The lowest BCUT2D eigenvalue weighted by molar-refractivity contribution is 0.213. The molecule has 60 valence electrons. The van der Waals surface area contributed by atoms with E-state index in [0.29, 0.717) is 24.8 Å². The van der Waals surface area contributed by atoms with E-state index >= 15 is 0 Å². The summed E-state index contributed by atoms with van der Waals surface area (Å²) >= 11 is 10.8. The van der Waals surface area contributed by atoms with Crippen LogP contribution in [0.25, 0.3) is 0 Å². The Morgan fingerprint density at radius 2 is 1.70 bits per heavy atom. The predicted octanol–water partition coefficient (Wildman–Crippen LogP) is 0.845. The van der Waals surface area contributed by atoms with Crippen molar-refractivity contribution in [3.05, 3.63) is 0 Å². The molecule has 3 nitrogen and oxygen atoms in total. The molecule has 0 spiro atoms. The monoisotopic (exact) mass is 184 g/mol. The molecule has 0 saturated heterocycles. The first-order valence-corrected chi connectivity index (χ1v) is 3.95. The zero-order valence-corrected chi connectivity index (χ0v) is 7.03. The van der Waals surface area contributed by atoms with Crippen LogP contribution < -0.4 is 5.73 Å². The number of urea groups is 1. The summed E-state index contributed by atoms with van der Waals surface area (Å²) in [6.07, 6.45) is 0. The van der Waals surface area contributed by atoms with Gasteiger partial charge in [0.25, 0.3) is 0 Å². The van der Waals surface area contributed by atoms with Crippen molar-refractivity contribution in [2.45, 2.75) is 0 Å². The number of hydrogen-bond donors (Lipinski definition) is 1. The van der Waals surface area contributed by atoms with Crippen LogP contribution >= 0.6 is 23.2 Å². The van der Waals surface area contributed by atoms with E-state index < -0.39 is 6.03 Å². The summed E-state index contributed by atoms with van der Waals surface area (Å²) in [5.41, 5.74) is 4.98. The Morgan fingerprint density at radius 1 is 1.30 bits per heavy atom. The molecule has 0 aromatic carbocycles. The summed E-state index contributed by atoms with van der Waals surface area (Å²) in [5.74, 6) is 0.777. The third kappa shape index (κ3) is 3.80. The molecule has 0 rings (SSSR count). The highest BCUT2D eigenvalue weighted by molar-refractivity contribution is 6.18. The highest BCUT2D eigenvalue weighted by atomic mass is 35.5. The highest BCUT2D eigenvalue weighted by Gasteiger charge is 2.05. The molecule has 0 fully saturated rings. The van der Waals surface area contributed by atoms with Crippen LogP contribution in [0.2, 0.25) is 0 Å². The molecule has 0 aliphatic rings. The van der Waals surface area contributed by atoms with E-state index in [-0.39, 0.29) is 0 Å². The number of primary amides is 1. The van der Waals surface area contributed by atoms with E-state index in [1.807, 2.05) is 0 Å². The number of hydrogen-bond acceptors (Lipinski definition) is 1. The van der Waals surface area contributed by atoms with Crippen molar-refractivity contribution in [1.82, 2.24) is 4.90 Å². The van der Waals surface area contributed by atoms with Crippen LogP contribution in [0.15, 0.2) is 0 Å². The molecule has 0 aliphatic carbocycles. The van der Waals surface area contributed by atoms with E-state index in [4.69, 9.17) is 28.9 Å². The summed E-state index contributed by atoms with van der Waals surface area (Å²) in [6, 6.07) is -0.471. The molecule has 0 atom stereocenters. The minimum absolute atomic E-state index is 0.389. The third-order valence-electron chi connectivity index (χ3n) is 1.02. The number of rotatable bonds is 4. The molecule has 2 amide bonds. The number of nitrogens with two attached hydrogens (primary N) is 1. The Kier molecular flexibility index (Phi) is 5.54. The molecule has 0 aromatic heterocycles. The number of halogens is 2. The molecule has 0 bridgehead atoms. The second kappa shape index (κ2) is 5.62. The van der Waals surface area contributed by atoms with E-state index in [1.165, 1.54) is 4.90 Å². The highest BCUT2D eigenvalue weighted by Crippen LogP contribution is 1.90. The molecule has 0 unspecified atom stereocenters. The van der Waals surface area contributed by atoms with E-state index in [9.17, 15) is 4.79 Å². The van der Waals surface area contributed by atoms with Gasteiger partial charge in [0.2, 0.25) is 0 Å². The fourth-order valence-corrected chi connectivity index (χ4v) is 0.944. The van der Waals surface area contributed by atoms with Crippen LogP contribution in [-0.4, -0.2) is 35.8 Å². The first-order valence-electron chi connectivity index (χ1n) is 2.88. The smallest absolute Gasteiger partial charge is 0.314 e. The fraction of sp³-hybridized carbons (Fsp3) is 0.800. The number of carbonyl (C=O) groups excluding carboxylic acids is 1. The van der Waals surface area contributed by atoms with Gasteiger partial charge in [0.1, 0.15) is 0 Å². The van der Waals surface area contributed by atoms with E-state index in [0.717, 1.165) is 0 Å². The fourth-order valence-electron chi connectivity index (χ4n) is 0.536. The maximum absolute atomic E-state index is 10.5. The lowest BCUT2D eigenvalue weighted by atomic mass is 10.5. The number of nitrogens with zero attached hydrogens (tertiary/aromatic N) is 1. The van der Waals surface area contributed by atoms with Crippen molar-refractivity contribution in [2.75, 3.05) is 24.8 Å². The van der Waals surface area contributed by atoms with Gasteiger partial charge in [0.05, 0.1) is 0 Å². The first kappa shape index (κ1) is 9.85. The van der Waals surface area contributed by atoms with Gasteiger partial charge in [0, 0.05) is 24.8 Å². The molecule has 0 saturated carbocycles. The number of alkyl halides is 2. The Balaban J connectivity index is 3.61. The largest absolute Gasteiger partial charge is 0.351 e. The normalized spacial score (nSPS) is 9.40. The topological polar surface area (TPSA) is 46.3 Å². The van der Waals surface area contributed by atoms with Crippen LogP contribution in [0, 0.1) is 0 Å². The van der Waals surface area contributed by atoms with Crippen LogP contribution in [0.4, 0.5) is 4.79 Å². The zero-order valence-electron chi connectivity index (χ0n) is 5.52. The molecular weight excluding hydrogens is 175 g/mol. The maximum atomic E-state index is 10.5. The molecule has 0 aliphatic heterocycles. The summed E-state index contributed by atoms with van der Waals surface area (Å²) in [5, 5.41) is 0. The summed E-state index contributed by atoms with van der Waals surface area (Å²) < 4.78 is 0. The average Bonchev–Trinajstić information content (AvgIpc) is 1.87. The molecule has 2 N–H and O–H groups in total. The van der Waals surface area contributed by atoms with Crippen molar-refractivity contribution < 1.29 is 4.79 Å². The van der Waals surface area contributed by atoms with Crippen LogP contribution in [-0.2, 0) is 0 Å². The second-order valence-corrected chi connectivity index (χ2v) is 2.46. The van der Waals surface area contributed by atoms with Gasteiger partial charge in [-0.15, -0.1) is 23.2 Å². The number of amides is 2. The number of carbonyl (C=O) groups is 1. The Labute approximate surface area is 70.1 Å². The van der Waals surface area contributed by atoms with Gasteiger partial charge in [-0.25, -0.2) is 4.79 Å². The summed E-state index contributed by atoms with van der Waals surface area (Å²) in [7, 11) is 0. The lowest BCUT2D eigenvalue weighted by Crippen LogP contribution is -2.38. The predicted molar refractivity (Wildman–Crippen MR) is 42.6 cm³/mol. The molecule has 0 heterocycles. The van der Waals surface area contributed by atoms with E-state index in [1.54, 1.807) is 0 Å². The quantitative estimate of drug-likeness (QED) is 0.648. The molecule has 0 radical (unpaired) electrons. The van der Waals surface area contributed by atoms with Gasteiger partial charge in [-0.05, 0) is 0 Å². The van der Waals surface area contributed by atoms with Crippen molar-refractivity contribution >= 4 is 29.2 Å². The Morgan fingerprint density at radius 3 is 1.90 bits per heavy atom. The molecule has 5 heteroatoms. The summed E-state index contributed by atoms with van der Waals surface area (Å²) in [4.78, 5) is 11.9. The molecule has 10 heavy (non-hydrogen) atoms. The first-order chi connectivity index (χ1) is 4.72. The molecular formula is C5H10Cl2N2O. The van der Waals surface area contributed by atoms with Crippen LogP contribution in [0.5, 0.6) is 0 Å². The van der Waals surface area contributed by atoms with Gasteiger partial charge in [-0.1, -0.05) is 0 Å². The van der Waals surface area contributed by atoms with Gasteiger partial charge >= 0.3 is 6.03 Å². The van der Waals surface area contributed by atoms with Crippen molar-refractivity contribution in [2.24, 2.45) is 5.73 Å². The Hall–Kier alpha value is -0.150.